The third-order valence-electron chi connectivity index (χ3n) is 4.58. The Morgan fingerprint density at radius 1 is 1.17 bits per heavy atom. The van der Waals surface area contributed by atoms with E-state index in [1.807, 2.05) is 24.3 Å². The lowest BCUT2D eigenvalue weighted by atomic mass is 10.2. The normalized spacial score (nSPS) is 15.2. The van der Waals surface area contributed by atoms with Crippen LogP contribution >= 0.6 is 11.3 Å². The molecular weight excluding hydrogens is 402 g/mol. The van der Waals surface area contributed by atoms with Crippen molar-refractivity contribution in [2.75, 3.05) is 10.6 Å². The molecule has 0 radical (unpaired) electrons. The molecule has 0 saturated heterocycles. The minimum absolute atomic E-state index is 0.170. The fraction of sp³-hybridized carbons (Fsp3) is 0.0952. The van der Waals surface area contributed by atoms with Gasteiger partial charge in [-0.3, -0.25) is 9.59 Å². The van der Waals surface area contributed by atoms with Crippen molar-refractivity contribution in [3.63, 3.8) is 0 Å². The average molecular weight is 417 g/mol. The van der Waals surface area contributed by atoms with Crippen molar-refractivity contribution in [3.8, 4) is 16.5 Å². The van der Waals surface area contributed by atoms with Crippen LogP contribution in [-0.4, -0.2) is 32.9 Å². The van der Waals surface area contributed by atoms with Crippen LogP contribution in [0.2, 0.25) is 0 Å². The molecule has 2 N–H and O–H groups in total. The van der Waals surface area contributed by atoms with Gasteiger partial charge in [0.1, 0.15) is 16.5 Å². The number of anilines is 2. The smallest absolute Gasteiger partial charge is 0.276 e. The van der Waals surface area contributed by atoms with Crippen LogP contribution in [0, 0.1) is 0 Å². The number of thiazole rings is 1. The van der Waals surface area contributed by atoms with E-state index in [9.17, 15) is 9.59 Å². The van der Waals surface area contributed by atoms with E-state index in [1.54, 1.807) is 25.1 Å². The number of hydrogen-bond donors (Lipinski definition) is 2. The lowest BCUT2D eigenvalue weighted by Gasteiger charge is -2.23. The van der Waals surface area contributed by atoms with Gasteiger partial charge in [-0.05, 0) is 37.3 Å². The number of ether oxygens (including phenoxy) is 1. The molecule has 0 fully saturated rings. The van der Waals surface area contributed by atoms with Gasteiger partial charge in [-0.15, -0.1) is 11.3 Å². The summed E-state index contributed by atoms with van der Waals surface area (Å²) in [7, 11) is 0. The van der Waals surface area contributed by atoms with E-state index in [0.29, 0.717) is 27.8 Å². The molecule has 9 heteroatoms. The van der Waals surface area contributed by atoms with Gasteiger partial charge in [-0.25, -0.2) is 15.0 Å². The molecule has 30 heavy (non-hydrogen) atoms. The summed E-state index contributed by atoms with van der Waals surface area (Å²) < 4.78 is 6.54. The van der Waals surface area contributed by atoms with Crippen molar-refractivity contribution in [3.05, 3.63) is 60.6 Å². The Bertz CT molecular complexity index is 1270. The molecule has 0 aliphatic carbocycles. The summed E-state index contributed by atoms with van der Waals surface area (Å²) in [5.74, 6) is -0.110. The second-order valence-corrected chi connectivity index (χ2v) is 7.69. The lowest BCUT2D eigenvalue weighted by molar-refractivity contribution is -0.122. The van der Waals surface area contributed by atoms with Gasteiger partial charge in [0.2, 0.25) is 0 Å². The summed E-state index contributed by atoms with van der Waals surface area (Å²) in [4.78, 5) is 37.9. The second-order valence-electron chi connectivity index (χ2n) is 6.65. The van der Waals surface area contributed by atoms with Gasteiger partial charge < -0.3 is 15.4 Å². The molecule has 0 unspecified atom stereocenters. The first-order valence-electron chi connectivity index (χ1n) is 9.18. The van der Waals surface area contributed by atoms with Gasteiger partial charge >= 0.3 is 0 Å². The zero-order chi connectivity index (χ0) is 20.7. The minimum Gasteiger partial charge on any atom is -0.479 e. The quantitative estimate of drug-likeness (QED) is 0.526. The van der Waals surface area contributed by atoms with Crippen molar-refractivity contribution in [1.29, 1.82) is 0 Å². The van der Waals surface area contributed by atoms with Crippen LogP contribution in [0.4, 0.5) is 11.4 Å². The van der Waals surface area contributed by atoms with Crippen molar-refractivity contribution in [1.82, 2.24) is 15.0 Å². The summed E-state index contributed by atoms with van der Waals surface area (Å²) in [5.41, 5.74) is 2.43. The fourth-order valence-electron chi connectivity index (χ4n) is 3.11. The van der Waals surface area contributed by atoms with E-state index >= 15 is 0 Å². The molecule has 3 heterocycles. The summed E-state index contributed by atoms with van der Waals surface area (Å²) in [6.45, 7) is 1.67. The molecule has 1 atom stereocenters. The maximum absolute atomic E-state index is 13.0. The molecule has 2 amide bonds. The topological polar surface area (TPSA) is 106 Å². The monoisotopic (exact) mass is 417 g/mol. The van der Waals surface area contributed by atoms with Gasteiger partial charge in [0.15, 0.2) is 11.8 Å². The SMILES string of the molecule is C[C@H]1Oc2ccc(NC(=O)c3nccnc3-c3nc4ccccc4s3)cc2NC1=O. The Hall–Kier alpha value is -3.85. The number of carbonyl (C=O) groups excluding carboxylic acids is 2. The number of fused-ring (bicyclic) bond motifs is 2. The number of aromatic nitrogens is 3. The van der Waals surface area contributed by atoms with Crippen molar-refractivity contribution >= 4 is 44.7 Å². The number of benzene rings is 2. The maximum atomic E-state index is 13.0. The van der Waals surface area contributed by atoms with Crippen LogP contribution < -0.4 is 15.4 Å². The highest BCUT2D eigenvalue weighted by Crippen LogP contribution is 2.33. The highest BCUT2D eigenvalue weighted by atomic mass is 32.1. The molecule has 2 aromatic carbocycles. The third kappa shape index (κ3) is 3.25. The zero-order valence-electron chi connectivity index (χ0n) is 15.7. The lowest BCUT2D eigenvalue weighted by Crippen LogP contribution is -2.34. The van der Waals surface area contributed by atoms with Gasteiger partial charge in [0, 0.05) is 18.1 Å². The molecule has 0 bridgehead atoms. The Labute approximate surface area is 175 Å². The number of nitrogens with zero attached hydrogens (tertiary/aromatic N) is 3. The highest BCUT2D eigenvalue weighted by Gasteiger charge is 2.24. The molecule has 0 spiro atoms. The number of para-hydroxylation sites is 1. The fourth-order valence-corrected chi connectivity index (χ4v) is 4.07. The van der Waals surface area contributed by atoms with Crippen LogP contribution in [0.15, 0.2) is 54.9 Å². The van der Waals surface area contributed by atoms with Gasteiger partial charge in [-0.2, -0.15) is 0 Å². The first-order chi connectivity index (χ1) is 14.6. The van der Waals surface area contributed by atoms with Crippen LogP contribution in [0.3, 0.4) is 0 Å². The molecule has 0 saturated carbocycles. The first kappa shape index (κ1) is 18.2. The zero-order valence-corrected chi connectivity index (χ0v) is 16.6. The Morgan fingerprint density at radius 3 is 2.87 bits per heavy atom. The summed E-state index contributed by atoms with van der Waals surface area (Å²) in [6, 6.07) is 12.8. The Morgan fingerprint density at radius 2 is 2.00 bits per heavy atom. The molecule has 4 aromatic rings. The van der Waals surface area contributed by atoms with E-state index < -0.39 is 12.0 Å². The Balaban J connectivity index is 1.45. The molecule has 8 nitrogen and oxygen atoms in total. The predicted octanol–water partition coefficient (Wildman–Crippen LogP) is 3.73. The number of rotatable bonds is 3. The number of nitrogens with one attached hydrogen (secondary N) is 2. The summed E-state index contributed by atoms with van der Waals surface area (Å²) in [6.07, 6.45) is 2.44. The van der Waals surface area contributed by atoms with E-state index in [4.69, 9.17) is 4.74 Å². The Kier molecular flexibility index (Phi) is 4.36. The van der Waals surface area contributed by atoms with Gasteiger partial charge in [0.25, 0.3) is 11.8 Å². The van der Waals surface area contributed by atoms with Crippen molar-refractivity contribution < 1.29 is 14.3 Å². The summed E-state index contributed by atoms with van der Waals surface area (Å²) >= 11 is 1.45. The highest BCUT2D eigenvalue weighted by molar-refractivity contribution is 7.21. The van der Waals surface area contributed by atoms with Crippen molar-refractivity contribution in [2.45, 2.75) is 13.0 Å². The van der Waals surface area contributed by atoms with E-state index in [0.717, 1.165) is 10.2 Å². The largest absolute Gasteiger partial charge is 0.479 e. The average Bonchev–Trinajstić information content (AvgIpc) is 3.19. The minimum atomic E-state index is -0.561. The summed E-state index contributed by atoms with van der Waals surface area (Å²) in [5, 5.41) is 6.19. The molecule has 1 aliphatic heterocycles. The predicted molar refractivity (Wildman–Crippen MR) is 114 cm³/mol. The molecule has 148 valence electrons. The second kappa shape index (κ2) is 7.20. The third-order valence-corrected chi connectivity index (χ3v) is 5.62. The van der Waals surface area contributed by atoms with Crippen LogP contribution in [0.1, 0.15) is 17.4 Å². The number of carbonyl (C=O) groups is 2. The van der Waals surface area contributed by atoms with Gasteiger partial charge in [0.05, 0.1) is 15.9 Å². The maximum Gasteiger partial charge on any atom is 0.276 e. The van der Waals surface area contributed by atoms with E-state index in [-0.39, 0.29) is 11.6 Å². The van der Waals surface area contributed by atoms with Gasteiger partial charge in [-0.1, -0.05) is 12.1 Å². The molecule has 2 aromatic heterocycles. The molecule has 1 aliphatic rings. The van der Waals surface area contributed by atoms with Crippen LogP contribution in [0.25, 0.3) is 20.9 Å². The molecule has 5 rings (SSSR count). The molecular formula is C21H15N5O3S. The van der Waals surface area contributed by atoms with E-state index in [2.05, 4.69) is 25.6 Å². The number of hydrogen-bond acceptors (Lipinski definition) is 7. The number of amides is 2. The first-order valence-corrected chi connectivity index (χ1v) is 10.00. The standard InChI is InChI=1S/C21H15N5O3S/c1-11-19(27)25-14-10-12(6-7-15(14)29-11)24-20(28)17-18(23-9-8-22-17)21-26-13-4-2-3-5-16(13)30-21/h2-11H,1H3,(H,24,28)(H,25,27)/t11-/m1/s1. The van der Waals surface area contributed by atoms with Crippen molar-refractivity contribution in [2.24, 2.45) is 0 Å². The van der Waals surface area contributed by atoms with Crippen LogP contribution in [-0.2, 0) is 4.79 Å². The van der Waals surface area contributed by atoms with E-state index in [1.165, 1.54) is 23.7 Å². The van der Waals surface area contributed by atoms with Crippen LogP contribution in [0.5, 0.6) is 5.75 Å².